The maximum Gasteiger partial charge on any atom is 0.338 e. The third-order valence-corrected chi connectivity index (χ3v) is 2.82. The van der Waals surface area contributed by atoms with Gasteiger partial charge in [-0.1, -0.05) is 12.1 Å². The summed E-state index contributed by atoms with van der Waals surface area (Å²) in [5.74, 6) is -0.350. The van der Waals surface area contributed by atoms with Crippen LogP contribution in [0, 0.1) is 18.3 Å². The van der Waals surface area contributed by atoms with Crippen molar-refractivity contribution in [1.29, 1.82) is 5.26 Å². The SMILES string of the molecule is CCOC(=O)c1ccc(-c2nc(C)ccc2C#N)cc1. The fourth-order valence-corrected chi connectivity index (χ4v) is 1.85. The summed E-state index contributed by atoms with van der Waals surface area (Å²) in [4.78, 5) is 16.0. The van der Waals surface area contributed by atoms with Gasteiger partial charge in [-0.15, -0.1) is 0 Å². The largest absolute Gasteiger partial charge is 0.462 e. The van der Waals surface area contributed by atoms with Crippen molar-refractivity contribution in [2.75, 3.05) is 6.61 Å². The molecule has 1 aromatic heterocycles. The van der Waals surface area contributed by atoms with Gasteiger partial charge in [0.15, 0.2) is 0 Å². The van der Waals surface area contributed by atoms with Gasteiger partial charge < -0.3 is 4.74 Å². The third-order valence-electron chi connectivity index (χ3n) is 2.82. The monoisotopic (exact) mass is 266 g/mol. The van der Waals surface area contributed by atoms with Crippen molar-refractivity contribution in [1.82, 2.24) is 4.98 Å². The summed E-state index contributed by atoms with van der Waals surface area (Å²) >= 11 is 0. The van der Waals surface area contributed by atoms with E-state index in [2.05, 4.69) is 11.1 Å². The average molecular weight is 266 g/mol. The summed E-state index contributed by atoms with van der Waals surface area (Å²) in [6.45, 7) is 3.98. The molecule has 2 rings (SSSR count). The smallest absolute Gasteiger partial charge is 0.338 e. The van der Waals surface area contributed by atoms with E-state index in [1.807, 2.05) is 6.92 Å². The molecule has 0 bridgehead atoms. The highest BCUT2D eigenvalue weighted by atomic mass is 16.5. The lowest BCUT2D eigenvalue weighted by atomic mass is 10.0. The van der Waals surface area contributed by atoms with Gasteiger partial charge in [-0.05, 0) is 38.1 Å². The quantitative estimate of drug-likeness (QED) is 0.801. The fraction of sp³-hybridized carbons (Fsp3) is 0.188. The van der Waals surface area contributed by atoms with Crippen molar-refractivity contribution >= 4 is 5.97 Å². The molecule has 0 spiro atoms. The molecule has 0 aliphatic heterocycles. The zero-order chi connectivity index (χ0) is 14.5. The van der Waals surface area contributed by atoms with Crippen LogP contribution in [0.5, 0.6) is 0 Å². The van der Waals surface area contributed by atoms with Gasteiger partial charge in [-0.2, -0.15) is 5.26 Å². The standard InChI is InChI=1S/C16H14N2O2/c1-3-20-16(19)13-8-6-12(7-9-13)15-14(10-17)5-4-11(2)18-15/h4-9H,3H2,1-2H3. The van der Waals surface area contributed by atoms with Gasteiger partial charge in [0, 0.05) is 11.3 Å². The highest BCUT2D eigenvalue weighted by Crippen LogP contribution is 2.22. The normalized spacial score (nSPS) is 9.85. The van der Waals surface area contributed by atoms with Crippen LogP contribution in [0.1, 0.15) is 28.5 Å². The zero-order valence-electron chi connectivity index (χ0n) is 11.4. The molecule has 0 aliphatic carbocycles. The second kappa shape index (κ2) is 5.98. The molecular formula is C16H14N2O2. The van der Waals surface area contributed by atoms with Crippen LogP contribution >= 0.6 is 0 Å². The molecule has 1 heterocycles. The van der Waals surface area contributed by atoms with Gasteiger partial charge in [0.2, 0.25) is 0 Å². The Kier molecular flexibility index (Phi) is 4.11. The number of aryl methyl sites for hydroxylation is 1. The Morgan fingerprint density at radius 1 is 1.25 bits per heavy atom. The van der Waals surface area contributed by atoms with E-state index in [0.29, 0.717) is 23.4 Å². The van der Waals surface area contributed by atoms with E-state index in [1.54, 1.807) is 43.3 Å². The lowest BCUT2D eigenvalue weighted by Gasteiger charge is -2.06. The van der Waals surface area contributed by atoms with Crippen LogP contribution in [-0.2, 0) is 4.74 Å². The molecule has 4 heteroatoms. The molecule has 0 unspecified atom stereocenters. The van der Waals surface area contributed by atoms with Crippen molar-refractivity contribution in [3.05, 3.63) is 53.2 Å². The highest BCUT2D eigenvalue weighted by molar-refractivity contribution is 5.90. The van der Waals surface area contributed by atoms with Gasteiger partial charge in [0.05, 0.1) is 23.4 Å². The molecule has 0 saturated carbocycles. The molecular weight excluding hydrogens is 252 g/mol. The number of benzene rings is 1. The minimum Gasteiger partial charge on any atom is -0.462 e. The second-order valence-electron chi connectivity index (χ2n) is 4.26. The van der Waals surface area contributed by atoms with E-state index >= 15 is 0 Å². The van der Waals surface area contributed by atoms with Crippen molar-refractivity contribution in [3.8, 4) is 17.3 Å². The lowest BCUT2D eigenvalue weighted by Crippen LogP contribution is -2.04. The van der Waals surface area contributed by atoms with E-state index in [0.717, 1.165) is 11.3 Å². The van der Waals surface area contributed by atoms with E-state index in [9.17, 15) is 4.79 Å². The van der Waals surface area contributed by atoms with Gasteiger partial charge in [0.25, 0.3) is 0 Å². The Labute approximate surface area is 117 Å². The summed E-state index contributed by atoms with van der Waals surface area (Å²) < 4.78 is 4.93. The first kappa shape index (κ1) is 13.8. The lowest BCUT2D eigenvalue weighted by molar-refractivity contribution is 0.0526. The van der Waals surface area contributed by atoms with Crippen LogP contribution in [0.2, 0.25) is 0 Å². The van der Waals surface area contributed by atoms with E-state index in [-0.39, 0.29) is 5.97 Å². The van der Waals surface area contributed by atoms with Crippen LogP contribution in [-0.4, -0.2) is 17.6 Å². The van der Waals surface area contributed by atoms with Crippen LogP contribution in [0.25, 0.3) is 11.3 Å². The van der Waals surface area contributed by atoms with Crippen LogP contribution in [0.15, 0.2) is 36.4 Å². The minimum atomic E-state index is -0.350. The second-order valence-corrected chi connectivity index (χ2v) is 4.26. The number of pyridine rings is 1. The molecule has 0 amide bonds. The molecule has 4 nitrogen and oxygen atoms in total. The van der Waals surface area contributed by atoms with Crippen LogP contribution < -0.4 is 0 Å². The number of ether oxygens (including phenoxy) is 1. The number of rotatable bonds is 3. The van der Waals surface area contributed by atoms with E-state index < -0.39 is 0 Å². The number of hydrogen-bond acceptors (Lipinski definition) is 4. The number of nitrogens with zero attached hydrogens (tertiary/aromatic N) is 2. The number of hydrogen-bond donors (Lipinski definition) is 0. The number of carbonyl (C=O) groups is 1. The minimum absolute atomic E-state index is 0.346. The Hall–Kier alpha value is -2.67. The van der Waals surface area contributed by atoms with E-state index in [1.165, 1.54) is 0 Å². The van der Waals surface area contributed by atoms with Crippen molar-refractivity contribution < 1.29 is 9.53 Å². The summed E-state index contributed by atoms with van der Waals surface area (Å²) in [7, 11) is 0. The van der Waals surface area contributed by atoms with Crippen molar-refractivity contribution in [2.45, 2.75) is 13.8 Å². The molecule has 100 valence electrons. The molecule has 0 radical (unpaired) electrons. The number of nitriles is 1. The van der Waals surface area contributed by atoms with Crippen molar-refractivity contribution in [2.24, 2.45) is 0 Å². The zero-order valence-corrected chi connectivity index (χ0v) is 11.4. The first-order valence-electron chi connectivity index (χ1n) is 6.31. The van der Waals surface area contributed by atoms with Crippen molar-refractivity contribution in [3.63, 3.8) is 0 Å². The van der Waals surface area contributed by atoms with Gasteiger partial charge >= 0.3 is 5.97 Å². The number of carbonyl (C=O) groups excluding carboxylic acids is 1. The molecule has 0 aliphatic rings. The molecule has 20 heavy (non-hydrogen) atoms. The molecule has 1 aromatic carbocycles. The Morgan fingerprint density at radius 3 is 2.55 bits per heavy atom. The predicted molar refractivity (Wildman–Crippen MR) is 75.1 cm³/mol. The molecule has 0 fully saturated rings. The summed E-state index contributed by atoms with van der Waals surface area (Å²) in [6.07, 6.45) is 0. The van der Waals surface area contributed by atoms with E-state index in [4.69, 9.17) is 10.00 Å². The first-order valence-corrected chi connectivity index (χ1v) is 6.31. The van der Waals surface area contributed by atoms with Gasteiger partial charge in [0.1, 0.15) is 6.07 Å². The summed E-state index contributed by atoms with van der Waals surface area (Å²) in [5.41, 5.74) is 3.27. The molecule has 0 N–H and O–H groups in total. The Morgan fingerprint density at radius 2 is 1.95 bits per heavy atom. The summed E-state index contributed by atoms with van der Waals surface area (Å²) in [6, 6.07) is 12.6. The Bertz CT molecular complexity index is 670. The average Bonchev–Trinajstić information content (AvgIpc) is 2.47. The highest BCUT2D eigenvalue weighted by Gasteiger charge is 2.10. The molecule has 2 aromatic rings. The number of aromatic nitrogens is 1. The van der Waals surface area contributed by atoms with Gasteiger partial charge in [-0.25, -0.2) is 4.79 Å². The number of esters is 1. The third kappa shape index (κ3) is 2.83. The first-order chi connectivity index (χ1) is 9.65. The summed E-state index contributed by atoms with van der Waals surface area (Å²) in [5, 5.41) is 9.12. The maximum atomic E-state index is 11.6. The van der Waals surface area contributed by atoms with Crippen LogP contribution in [0.3, 0.4) is 0 Å². The molecule has 0 saturated heterocycles. The fourth-order valence-electron chi connectivity index (χ4n) is 1.85. The topological polar surface area (TPSA) is 63.0 Å². The van der Waals surface area contributed by atoms with Gasteiger partial charge in [-0.3, -0.25) is 4.98 Å². The maximum absolute atomic E-state index is 11.6. The molecule has 0 atom stereocenters. The predicted octanol–water partition coefficient (Wildman–Crippen LogP) is 3.11. The Balaban J connectivity index is 2.38. The van der Waals surface area contributed by atoms with Crippen LogP contribution in [0.4, 0.5) is 0 Å².